The van der Waals surface area contributed by atoms with Gasteiger partial charge in [-0.25, -0.2) is 0 Å². The standard InChI is InChI=1S/C17H19N3O/c1-2-4-6-9-14(10-7-5-3-1)16-19-17(21-20-16)15-11-8-12-18-13-15/h1-7,9-10,15,18H,8,11-13H2. The highest BCUT2D eigenvalue weighted by atomic mass is 16.5. The monoisotopic (exact) mass is 281 g/mol. The number of hydrogen-bond donors (Lipinski definition) is 1. The molecule has 0 saturated carbocycles. The first-order valence-electron chi connectivity index (χ1n) is 7.36. The fourth-order valence-electron chi connectivity index (χ4n) is 2.42. The van der Waals surface area contributed by atoms with Crippen LogP contribution >= 0.6 is 0 Å². The lowest BCUT2D eigenvalue weighted by Gasteiger charge is -2.18. The molecule has 1 saturated heterocycles. The highest BCUT2D eigenvalue weighted by Crippen LogP contribution is 2.23. The molecule has 21 heavy (non-hydrogen) atoms. The van der Waals surface area contributed by atoms with Crippen molar-refractivity contribution >= 4 is 0 Å². The third-order valence-corrected chi connectivity index (χ3v) is 3.56. The zero-order chi connectivity index (χ0) is 14.3. The summed E-state index contributed by atoms with van der Waals surface area (Å²) in [6.45, 7) is 2.00. The molecular weight excluding hydrogens is 262 g/mol. The highest BCUT2D eigenvalue weighted by molar-refractivity contribution is 5.52. The molecule has 1 N–H and O–H groups in total. The molecule has 1 fully saturated rings. The summed E-state index contributed by atoms with van der Waals surface area (Å²) in [5, 5.41) is 7.50. The Kier molecular flexibility index (Phi) is 4.59. The van der Waals surface area contributed by atoms with Crippen molar-refractivity contribution in [1.29, 1.82) is 0 Å². The normalized spacial score (nSPS) is 18.0. The van der Waals surface area contributed by atoms with E-state index in [-0.39, 0.29) is 0 Å². The van der Waals surface area contributed by atoms with E-state index in [0.717, 1.165) is 37.4 Å². The van der Waals surface area contributed by atoms with Crippen LogP contribution in [0.4, 0.5) is 0 Å². The summed E-state index contributed by atoms with van der Waals surface area (Å²) in [6, 6.07) is 17.9. The Balaban J connectivity index is 1.89. The second-order valence-electron chi connectivity index (χ2n) is 5.14. The largest absolute Gasteiger partial charge is 0.339 e. The molecular formula is C17H19N3O. The predicted molar refractivity (Wildman–Crippen MR) is 82.2 cm³/mol. The molecule has 0 radical (unpaired) electrons. The van der Waals surface area contributed by atoms with Crippen LogP contribution < -0.4 is 5.32 Å². The van der Waals surface area contributed by atoms with E-state index in [0.29, 0.717) is 11.7 Å². The summed E-state index contributed by atoms with van der Waals surface area (Å²) in [7, 11) is 0. The Hall–Kier alpha value is -2.20. The van der Waals surface area contributed by atoms with Crippen molar-refractivity contribution in [2.24, 2.45) is 0 Å². The number of hydrogen-bond acceptors (Lipinski definition) is 4. The first-order valence-corrected chi connectivity index (χ1v) is 7.36. The van der Waals surface area contributed by atoms with Crippen molar-refractivity contribution < 1.29 is 4.52 Å². The zero-order valence-corrected chi connectivity index (χ0v) is 11.9. The lowest BCUT2D eigenvalue weighted by molar-refractivity contribution is 0.322. The molecule has 1 aliphatic heterocycles. The molecule has 1 unspecified atom stereocenters. The second kappa shape index (κ2) is 6.99. The van der Waals surface area contributed by atoms with E-state index in [1.807, 2.05) is 54.6 Å². The maximum absolute atomic E-state index is 5.45. The van der Waals surface area contributed by atoms with Crippen molar-refractivity contribution in [3.8, 4) is 11.4 Å². The van der Waals surface area contributed by atoms with Crippen LogP contribution in [0, 0.1) is 0 Å². The molecule has 1 aromatic heterocycles. The number of nitrogens with zero attached hydrogens (tertiary/aromatic N) is 2. The van der Waals surface area contributed by atoms with Crippen molar-refractivity contribution in [2.75, 3.05) is 13.1 Å². The Morgan fingerprint density at radius 3 is 2.38 bits per heavy atom. The summed E-state index contributed by atoms with van der Waals surface area (Å²) in [4.78, 5) is 4.57. The molecule has 2 heterocycles. The minimum absolute atomic E-state index is 0.336. The maximum Gasteiger partial charge on any atom is 0.231 e. The quantitative estimate of drug-likeness (QED) is 0.917. The van der Waals surface area contributed by atoms with Crippen molar-refractivity contribution in [3.05, 3.63) is 60.5 Å². The molecule has 1 atom stereocenters. The molecule has 0 amide bonds. The molecule has 0 bridgehead atoms. The van der Waals surface area contributed by atoms with E-state index in [4.69, 9.17) is 4.52 Å². The summed E-state index contributed by atoms with van der Waals surface area (Å²) in [6.07, 6.45) is 2.27. The fourth-order valence-corrected chi connectivity index (χ4v) is 2.42. The summed E-state index contributed by atoms with van der Waals surface area (Å²) in [5.74, 6) is 1.72. The molecule has 1 aliphatic rings. The Morgan fingerprint density at radius 1 is 1.00 bits per heavy atom. The van der Waals surface area contributed by atoms with Gasteiger partial charge in [0.2, 0.25) is 11.7 Å². The van der Waals surface area contributed by atoms with Gasteiger partial charge >= 0.3 is 0 Å². The van der Waals surface area contributed by atoms with Crippen LogP contribution in [-0.2, 0) is 0 Å². The first kappa shape index (κ1) is 13.8. The maximum atomic E-state index is 5.45. The van der Waals surface area contributed by atoms with Gasteiger partial charge < -0.3 is 9.84 Å². The molecule has 4 heteroatoms. The second-order valence-corrected chi connectivity index (χ2v) is 5.14. The van der Waals surface area contributed by atoms with Crippen molar-refractivity contribution in [2.45, 2.75) is 18.8 Å². The summed E-state index contributed by atoms with van der Waals surface area (Å²) < 4.78 is 5.45. The molecule has 0 spiro atoms. The van der Waals surface area contributed by atoms with Crippen LogP contribution in [0.3, 0.4) is 0 Å². The van der Waals surface area contributed by atoms with Crippen LogP contribution in [0.1, 0.15) is 24.7 Å². The van der Waals surface area contributed by atoms with Gasteiger partial charge in [0, 0.05) is 12.1 Å². The zero-order valence-electron chi connectivity index (χ0n) is 11.9. The van der Waals surface area contributed by atoms with Gasteiger partial charge in [0.1, 0.15) is 0 Å². The van der Waals surface area contributed by atoms with Crippen molar-refractivity contribution in [3.63, 3.8) is 0 Å². The van der Waals surface area contributed by atoms with Gasteiger partial charge in [-0.2, -0.15) is 4.98 Å². The van der Waals surface area contributed by atoms with Crippen LogP contribution in [0.5, 0.6) is 0 Å². The van der Waals surface area contributed by atoms with Gasteiger partial charge in [-0.15, -0.1) is 0 Å². The minimum Gasteiger partial charge on any atom is -0.339 e. The van der Waals surface area contributed by atoms with Gasteiger partial charge in [0.15, 0.2) is 0 Å². The highest BCUT2D eigenvalue weighted by Gasteiger charge is 2.21. The van der Waals surface area contributed by atoms with E-state index >= 15 is 0 Å². The van der Waals surface area contributed by atoms with Gasteiger partial charge in [0.25, 0.3) is 0 Å². The lowest BCUT2D eigenvalue weighted by Crippen LogP contribution is -2.28. The van der Waals surface area contributed by atoms with Crippen LogP contribution in [0.25, 0.3) is 11.4 Å². The first-order chi connectivity index (χ1) is 10.4. The Morgan fingerprint density at radius 2 is 1.71 bits per heavy atom. The van der Waals surface area contributed by atoms with E-state index < -0.39 is 0 Å². The van der Waals surface area contributed by atoms with Gasteiger partial charge in [-0.1, -0.05) is 59.8 Å². The fraction of sp³-hybridized carbons (Fsp3) is 0.294. The molecule has 3 rings (SSSR count). The lowest BCUT2D eigenvalue weighted by atomic mass is 10.00. The Bertz CT molecular complexity index is 606. The van der Waals surface area contributed by atoms with Gasteiger partial charge in [-0.3, -0.25) is 0 Å². The van der Waals surface area contributed by atoms with E-state index in [2.05, 4.69) is 15.5 Å². The van der Waals surface area contributed by atoms with E-state index in [1.54, 1.807) is 0 Å². The summed E-state index contributed by atoms with van der Waals surface area (Å²) in [5.41, 5.74) is 0.949. The van der Waals surface area contributed by atoms with E-state index in [1.165, 1.54) is 0 Å². The van der Waals surface area contributed by atoms with Gasteiger partial charge in [-0.05, 0) is 19.4 Å². The van der Waals surface area contributed by atoms with Gasteiger partial charge in [0.05, 0.1) is 5.92 Å². The van der Waals surface area contributed by atoms with Crippen molar-refractivity contribution in [1.82, 2.24) is 15.5 Å². The molecule has 108 valence electrons. The average Bonchev–Trinajstić information content (AvgIpc) is 3.03. The average molecular weight is 281 g/mol. The minimum atomic E-state index is 0.336. The number of rotatable bonds is 2. The molecule has 0 aliphatic carbocycles. The topological polar surface area (TPSA) is 51.0 Å². The smallest absolute Gasteiger partial charge is 0.231 e. The van der Waals surface area contributed by atoms with Crippen LogP contribution in [-0.4, -0.2) is 23.2 Å². The number of piperidine rings is 1. The molecule has 4 nitrogen and oxygen atoms in total. The third-order valence-electron chi connectivity index (χ3n) is 3.56. The Labute approximate surface area is 124 Å². The SMILES string of the molecule is c1ccccc(-c2noc(C3CCCNC3)n2)cccc1. The molecule has 2 aromatic rings. The van der Waals surface area contributed by atoms with Crippen LogP contribution in [0.15, 0.2) is 59.1 Å². The number of aromatic nitrogens is 2. The predicted octanol–water partition coefficient (Wildman–Crippen LogP) is 3.33. The number of nitrogens with one attached hydrogen (secondary N) is 1. The van der Waals surface area contributed by atoms with E-state index in [9.17, 15) is 0 Å². The van der Waals surface area contributed by atoms with Crippen LogP contribution in [0.2, 0.25) is 0 Å². The molecule has 1 aromatic carbocycles. The summed E-state index contributed by atoms with van der Waals surface area (Å²) >= 11 is 0. The third kappa shape index (κ3) is 3.67.